The molecule has 1 saturated heterocycles. The van der Waals surface area contributed by atoms with Crippen molar-refractivity contribution in [2.75, 3.05) is 7.11 Å². The van der Waals surface area contributed by atoms with Crippen molar-refractivity contribution in [1.29, 1.82) is 0 Å². The number of esters is 1. The van der Waals surface area contributed by atoms with E-state index in [9.17, 15) is 4.79 Å². The number of aromatic nitrogens is 2. The van der Waals surface area contributed by atoms with Crippen LogP contribution in [0, 0.1) is 0 Å². The number of rotatable bonds is 5. The third kappa shape index (κ3) is 3.05. The van der Waals surface area contributed by atoms with Crippen LogP contribution < -0.4 is 0 Å². The molecule has 6 nitrogen and oxygen atoms in total. The van der Waals surface area contributed by atoms with E-state index in [1.807, 2.05) is 18.4 Å². The van der Waals surface area contributed by atoms with Crippen molar-refractivity contribution in [2.24, 2.45) is 0 Å². The number of hydrogen-bond donors (Lipinski definition) is 0. The zero-order chi connectivity index (χ0) is 16.6. The molecule has 6 heteroatoms. The van der Waals surface area contributed by atoms with Gasteiger partial charge in [-0.1, -0.05) is 19.4 Å². The Morgan fingerprint density at radius 3 is 2.91 bits per heavy atom. The number of nitrogens with zero attached hydrogens (tertiary/aromatic N) is 2. The molecule has 1 aliphatic heterocycles. The summed E-state index contributed by atoms with van der Waals surface area (Å²) in [6.45, 7) is 6.06. The lowest BCUT2D eigenvalue weighted by Gasteiger charge is -2.21. The molecular formula is C17H24N2O4. The minimum atomic E-state index is -0.592. The first-order valence-electron chi connectivity index (χ1n) is 8.13. The summed E-state index contributed by atoms with van der Waals surface area (Å²) in [6, 6.07) is -0.0143. The second kappa shape index (κ2) is 6.09. The topological polar surface area (TPSA) is 62.6 Å². The first kappa shape index (κ1) is 16.2. The predicted octanol–water partition coefficient (Wildman–Crippen LogP) is 2.86. The molecule has 0 saturated carbocycles. The normalized spacial score (nSPS) is 28.5. The van der Waals surface area contributed by atoms with E-state index in [0.29, 0.717) is 5.69 Å². The average molecular weight is 320 g/mol. The largest absolute Gasteiger partial charge is 0.464 e. The van der Waals surface area contributed by atoms with Gasteiger partial charge in [-0.05, 0) is 32.3 Å². The van der Waals surface area contributed by atoms with Crippen LogP contribution in [0.1, 0.15) is 56.6 Å². The fraction of sp³-hybridized carbons (Fsp3) is 0.647. The van der Waals surface area contributed by atoms with E-state index in [2.05, 4.69) is 18.0 Å². The highest BCUT2D eigenvalue weighted by molar-refractivity contribution is 5.86. The first-order chi connectivity index (χ1) is 10.9. The Bertz CT molecular complexity index is 620. The highest BCUT2D eigenvalue weighted by atomic mass is 16.8. The van der Waals surface area contributed by atoms with E-state index in [1.54, 1.807) is 12.5 Å². The number of carbonyl (C=O) groups excluding carboxylic acids is 1. The molecule has 0 amide bonds. The van der Waals surface area contributed by atoms with Gasteiger partial charge in [-0.25, -0.2) is 9.78 Å². The summed E-state index contributed by atoms with van der Waals surface area (Å²) in [5.74, 6) is -1.03. The van der Waals surface area contributed by atoms with Crippen molar-refractivity contribution in [2.45, 2.75) is 64.1 Å². The van der Waals surface area contributed by atoms with Crippen LogP contribution in [-0.4, -0.2) is 40.6 Å². The predicted molar refractivity (Wildman–Crippen MR) is 84.0 cm³/mol. The number of methoxy groups -OCH3 is 1. The van der Waals surface area contributed by atoms with E-state index < -0.39 is 11.8 Å². The maximum atomic E-state index is 11.6. The molecule has 126 valence electrons. The monoisotopic (exact) mass is 320 g/mol. The second-order valence-corrected chi connectivity index (χ2v) is 6.55. The fourth-order valence-electron chi connectivity index (χ4n) is 3.31. The summed E-state index contributed by atoms with van der Waals surface area (Å²) in [5.41, 5.74) is 1.58. The van der Waals surface area contributed by atoms with Gasteiger partial charge < -0.3 is 18.8 Å². The van der Waals surface area contributed by atoms with Gasteiger partial charge in [0.25, 0.3) is 0 Å². The zero-order valence-electron chi connectivity index (χ0n) is 14.1. The fourth-order valence-corrected chi connectivity index (χ4v) is 3.31. The second-order valence-electron chi connectivity index (χ2n) is 6.55. The third-order valence-corrected chi connectivity index (χ3v) is 4.38. The molecule has 0 radical (unpaired) electrons. The molecule has 0 bridgehead atoms. The number of imidazole rings is 1. The minimum absolute atomic E-state index is 0.0143. The van der Waals surface area contributed by atoms with E-state index in [4.69, 9.17) is 14.2 Å². The quantitative estimate of drug-likeness (QED) is 0.616. The van der Waals surface area contributed by atoms with Crippen molar-refractivity contribution in [3.8, 4) is 0 Å². The molecule has 1 aliphatic carbocycles. The van der Waals surface area contributed by atoms with Gasteiger partial charge in [-0.2, -0.15) is 0 Å². The van der Waals surface area contributed by atoms with Gasteiger partial charge in [0.05, 0.1) is 19.5 Å². The maximum absolute atomic E-state index is 11.6. The van der Waals surface area contributed by atoms with Crippen LogP contribution in [0.15, 0.2) is 24.2 Å². The van der Waals surface area contributed by atoms with E-state index in [0.717, 1.165) is 19.3 Å². The van der Waals surface area contributed by atoms with Crippen molar-refractivity contribution in [3.05, 3.63) is 29.9 Å². The standard InChI is InChI=1S/C17H24N2O4/c1-5-6-7-11-8-13(15-14(11)22-17(2,3)23-15)19-9-12(18-10-19)16(20)21-4/h8-10,13-15H,5-7H2,1-4H3. The van der Waals surface area contributed by atoms with E-state index in [-0.39, 0.29) is 18.2 Å². The number of unbranched alkanes of at least 4 members (excludes halogenated alkanes) is 1. The Kier molecular flexibility index (Phi) is 4.29. The van der Waals surface area contributed by atoms with Gasteiger partial charge in [0.1, 0.15) is 12.2 Å². The summed E-state index contributed by atoms with van der Waals surface area (Å²) < 4.78 is 18.8. The first-order valence-corrected chi connectivity index (χ1v) is 8.13. The lowest BCUT2D eigenvalue weighted by molar-refractivity contribution is -0.148. The highest BCUT2D eigenvalue weighted by Gasteiger charge is 2.50. The molecule has 1 aromatic rings. The molecule has 23 heavy (non-hydrogen) atoms. The van der Waals surface area contributed by atoms with Crippen molar-refractivity contribution < 1.29 is 19.0 Å². The van der Waals surface area contributed by atoms with Gasteiger partial charge >= 0.3 is 5.97 Å². The number of ether oxygens (including phenoxy) is 3. The van der Waals surface area contributed by atoms with Crippen LogP contribution in [0.5, 0.6) is 0 Å². The van der Waals surface area contributed by atoms with Crippen LogP contribution >= 0.6 is 0 Å². The van der Waals surface area contributed by atoms with Crippen LogP contribution in [0.2, 0.25) is 0 Å². The van der Waals surface area contributed by atoms with E-state index >= 15 is 0 Å². The van der Waals surface area contributed by atoms with Crippen molar-refractivity contribution in [1.82, 2.24) is 9.55 Å². The smallest absolute Gasteiger partial charge is 0.358 e. The van der Waals surface area contributed by atoms with Gasteiger partial charge in [0.15, 0.2) is 11.5 Å². The molecule has 1 fully saturated rings. The Morgan fingerprint density at radius 1 is 1.43 bits per heavy atom. The Hall–Kier alpha value is -1.66. The molecule has 2 aliphatic rings. The molecule has 3 rings (SSSR count). The molecule has 3 atom stereocenters. The summed E-state index contributed by atoms with van der Waals surface area (Å²) >= 11 is 0. The molecular weight excluding hydrogens is 296 g/mol. The number of fused-ring (bicyclic) bond motifs is 1. The van der Waals surface area contributed by atoms with Gasteiger partial charge in [-0.3, -0.25) is 0 Å². The highest BCUT2D eigenvalue weighted by Crippen LogP contribution is 2.44. The zero-order valence-corrected chi connectivity index (χ0v) is 14.1. The summed E-state index contributed by atoms with van der Waals surface area (Å²) in [7, 11) is 1.35. The Labute approximate surface area is 136 Å². The molecule has 0 aromatic carbocycles. The maximum Gasteiger partial charge on any atom is 0.358 e. The van der Waals surface area contributed by atoms with Crippen molar-refractivity contribution in [3.63, 3.8) is 0 Å². The SMILES string of the molecule is CCCCC1=CC(n2cnc(C(=O)OC)c2)C2OC(C)(C)OC12. The van der Waals surface area contributed by atoms with Gasteiger partial charge in [0.2, 0.25) is 0 Å². The average Bonchev–Trinajstić information content (AvgIpc) is 3.17. The summed E-state index contributed by atoms with van der Waals surface area (Å²) in [5, 5.41) is 0. The molecule has 2 heterocycles. The Morgan fingerprint density at radius 2 is 2.22 bits per heavy atom. The number of hydrogen-bond acceptors (Lipinski definition) is 5. The minimum Gasteiger partial charge on any atom is -0.464 e. The molecule has 0 N–H and O–H groups in total. The van der Waals surface area contributed by atoms with Crippen LogP contribution in [-0.2, 0) is 14.2 Å². The summed E-state index contributed by atoms with van der Waals surface area (Å²) in [6.07, 6.45) is 8.73. The van der Waals surface area contributed by atoms with Crippen LogP contribution in [0.4, 0.5) is 0 Å². The third-order valence-electron chi connectivity index (χ3n) is 4.38. The lowest BCUT2D eigenvalue weighted by Crippen LogP contribution is -2.27. The van der Waals surface area contributed by atoms with Crippen LogP contribution in [0.25, 0.3) is 0 Å². The molecule has 0 spiro atoms. The summed E-state index contributed by atoms with van der Waals surface area (Å²) in [4.78, 5) is 15.7. The van der Waals surface area contributed by atoms with E-state index in [1.165, 1.54) is 12.7 Å². The molecule has 1 aromatic heterocycles. The van der Waals surface area contributed by atoms with Crippen LogP contribution in [0.3, 0.4) is 0 Å². The van der Waals surface area contributed by atoms with Gasteiger partial charge in [-0.15, -0.1) is 0 Å². The molecule has 3 unspecified atom stereocenters. The van der Waals surface area contributed by atoms with Gasteiger partial charge in [0, 0.05) is 6.20 Å². The lowest BCUT2D eigenvalue weighted by atomic mass is 10.1. The Balaban J connectivity index is 1.86. The van der Waals surface area contributed by atoms with Crippen molar-refractivity contribution >= 4 is 5.97 Å². The number of carbonyl (C=O) groups is 1.